The van der Waals surface area contributed by atoms with Crippen molar-refractivity contribution in [1.82, 2.24) is 0 Å². The van der Waals surface area contributed by atoms with Crippen LogP contribution in [0.1, 0.15) is 45.7 Å². The molecule has 0 aliphatic heterocycles. The molecule has 5 rings (SSSR count). The molecular formula is C43H35Cl5N8O7. The molecule has 0 radical (unpaired) electrons. The van der Waals surface area contributed by atoms with Crippen LogP contribution in [0.3, 0.4) is 0 Å². The molecule has 2 unspecified atom stereocenters. The summed E-state index contributed by atoms with van der Waals surface area (Å²) in [7, 11) is 0. The fourth-order valence-corrected chi connectivity index (χ4v) is 6.31. The molecule has 5 aromatic carbocycles. The zero-order valence-electron chi connectivity index (χ0n) is 33.1. The smallest absolute Gasteiger partial charge is 0.258 e. The van der Waals surface area contributed by atoms with Crippen LogP contribution in [0.4, 0.5) is 34.1 Å². The third-order valence-electron chi connectivity index (χ3n) is 8.68. The molecule has 2 atom stereocenters. The van der Waals surface area contributed by atoms with Gasteiger partial charge in [0, 0.05) is 34.9 Å². The summed E-state index contributed by atoms with van der Waals surface area (Å²) in [4.78, 5) is 77.9. The van der Waals surface area contributed by atoms with Crippen LogP contribution in [-0.2, 0) is 30.9 Å². The summed E-state index contributed by atoms with van der Waals surface area (Å²) in [6.45, 7) is 2.29. The number of carbonyl (C=O) groups excluding carboxylic acids is 6. The Balaban J connectivity index is 1.26. The van der Waals surface area contributed by atoms with E-state index < -0.39 is 47.3 Å². The van der Waals surface area contributed by atoms with Crippen LogP contribution in [0.25, 0.3) is 0 Å². The number of rotatable bonds is 18. The van der Waals surface area contributed by atoms with Crippen LogP contribution in [0.2, 0.25) is 10.0 Å². The average molecular weight is 953 g/mol. The number of carbonyl (C=O) groups is 6. The Morgan fingerprint density at radius 3 is 1.38 bits per heavy atom. The van der Waals surface area contributed by atoms with Crippen LogP contribution < -0.4 is 26.0 Å². The molecule has 0 heterocycles. The minimum Gasteiger partial charge on any atom is -0.476 e. The van der Waals surface area contributed by atoms with E-state index >= 15 is 0 Å². The van der Waals surface area contributed by atoms with E-state index in [0.29, 0.717) is 23.1 Å². The normalized spacial score (nSPS) is 12.0. The number of nitrogens with one attached hydrogen (secondary N) is 4. The number of amides is 4. The van der Waals surface area contributed by atoms with Crippen molar-refractivity contribution in [3.05, 3.63) is 135 Å². The summed E-state index contributed by atoms with van der Waals surface area (Å²) in [5, 5.41) is 26.8. The van der Waals surface area contributed by atoms with Crippen molar-refractivity contribution in [3.63, 3.8) is 0 Å². The Kier molecular flexibility index (Phi) is 17.3. The van der Waals surface area contributed by atoms with Gasteiger partial charge in [-0.25, -0.2) is 0 Å². The Morgan fingerprint density at radius 1 is 0.540 bits per heavy atom. The van der Waals surface area contributed by atoms with Gasteiger partial charge in [-0.05, 0) is 97.8 Å². The number of ether oxygens (including phenoxy) is 1. The van der Waals surface area contributed by atoms with E-state index in [1.165, 1.54) is 54.6 Å². The molecule has 20 heteroatoms. The van der Waals surface area contributed by atoms with Gasteiger partial charge in [-0.1, -0.05) is 59.1 Å². The highest BCUT2D eigenvalue weighted by Gasteiger charge is 2.26. The molecule has 0 fully saturated rings. The molecule has 15 nitrogen and oxygen atoms in total. The molecule has 0 aromatic heterocycles. The van der Waals surface area contributed by atoms with Crippen molar-refractivity contribution < 1.29 is 33.5 Å². The monoisotopic (exact) mass is 950 g/mol. The van der Waals surface area contributed by atoms with Crippen LogP contribution in [0, 0.1) is 0 Å². The van der Waals surface area contributed by atoms with Crippen molar-refractivity contribution >= 4 is 127 Å². The van der Waals surface area contributed by atoms with Crippen molar-refractivity contribution in [2.75, 3.05) is 27.3 Å². The van der Waals surface area contributed by atoms with Crippen LogP contribution in [0.5, 0.6) is 5.75 Å². The number of alkyl halides is 3. The maximum Gasteiger partial charge on any atom is 0.258 e. The number of ketones is 2. The molecule has 4 N–H and O–H groups in total. The van der Waals surface area contributed by atoms with Gasteiger partial charge in [-0.3, -0.25) is 28.8 Å². The summed E-state index contributed by atoms with van der Waals surface area (Å²) in [6, 6.07) is 22.7. The summed E-state index contributed by atoms with van der Waals surface area (Å²) in [6.07, 6.45) is 0. The van der Waals surface area contributed by atoms with Crippen LogP contribution >= 0.6 is 58.0 Å². The first-order chi connectivity index (χ1) is 30.2. The number of halogens is 5. The lowest BCUT2D eigenvalue weighted by molar-refractivity contribution is -0.127. The van der Waals surface area contributed by atoms with E-state index in [2.05, 4.69) is 41.7 Å². The number of hydrogen-bond donors (Lipinski definition) is 4. The Bertz CT molecular complexity index is 2590. The van der Waals surface area contributed by atoms with Crippen LogP contribution in [0.15, 0.2) is 124 Å². The molecule has 5 aromatic rings. The fraction of sp³-hybridized carbons (Fsp3) is 0.163. The average Bonchev–Trinajstić information content (AvgIpc) is 3.26. The van der Waals surface area contributed by atoms with E-state index in [1.807, 2.05) is 0 Å². The maximum absolute atomic E-state index is 13.4. The predicted octanol–water partition coefficient (Wildman–Crippen LogP) is 10.9. The van der Waals surface area contributed by atoms with Crippen molar-refractivity contribution in [2.24, 2.45) is 20.5 Å². The van der Waals surface area contributed by atoms with Gasteiger partial charge < -0.3 is 26.0 Å². The topological polar surface area (TPSA) is 209 Å². The zero-order valence-corrected chi connectivity index (χ0v) is 36.9. The first-order valence-electron chi connectivity index (χ1n) is 18.5. The van der Waals surface area contributed by atoms with Gasteiger partial charge >= 0.3 is 0 Å². The zero-order chi connectivity index (χ0) is 45.6. The lowest BCUT2D eigenvalue weighted by atomic mass is 10.1. The van der Waals surface area contributed by atoms with Crippen molar-refractivity contribution in [1.29, 1.82) is 0 Å². The second-order valence-electron chi connectivity index (χ2n) is 13.3. The van der Waals surface area contributed by atoms with Gasteiger partial charge in [0.2, 0.25) is 12.1 Å². The number of Topliss-reactive ketones (excluding diaryl/α,β-unsaturated/α-hetero) is 2. The van der Waals surface area contributed by atoms with Gasteiger partial charge in [0.25, 0.3) is 23.6 Å². The Morgan fingerprint density at radius 2 is 0.968 bits per heavy atom. The number of nitrogens with zero attached hydrogens (tertiary/aromatic N) is 4. The molecular weight excluding hydrogens is 918 g/mol. The standard InChI is InChI=1S/C43H35Cl5N8O7/c1-23(57)38(55-53-30-11-14-34(47)32(17-30)40(59)49-27-7-3-25(20-44)4-8-27)42(61)51-29-13-16-36(37(19-29)63-22-46)52-43(62)39(24(2)58)56-54-31-12-15-35(48)33(18-31)41(60)50-28-9-5-26(21-45)6-10-28/h3-19,38-39H,20-22H2,1-2H3,(H,49,59)(H,50,60)(H,51,61)(H,52,62). The van der Waals surface area contributed by atoms with Crippen LogP contribution in [-0.4, -0.2) is 53.3 Å². The van der Waals surface area contributed by atoms with Crippen molar-refractivity contribution in [2.45, 2.75) is 37.7 Å². The van der Waals surface area contributed by atoms with Gasteiger partial charge in [0.05, 0.1) is 38.2 Å². The summed E-state index contributed by atoms with van der Waals surface area (Å²) >= 11 is 30.1. The van der Waals surface area contributed by atoms with Crippen molar-refractivity contribution in [3.8, 4) is 5.75 Å². The third-order valence-corrected chi connectivity index (χ3v) is 10.1. The summed E-state index contributed by atoms with van der Waals surface area (Å²) in [5.41, 5.74) is 3.29. The largest absolute Gasteiger partial charge is 0.476 e. The quantitative estimate of drug-likeness (QED) is 0.0379. The Hall–Kier alpha value is -6.23. The minimum atomic E-state index is -1.64. The lowest BCUT2D eigenvalue weighted by Gasteiger charge is -2.15. The molecule has 0 aliphatic rings. The molecule has 0 aliphatic carbocycles. The summed E-state index contributed by atoms with van der Waals surface area (Å²) < 4.78 is 5.48. The molecule has 63 heavy (non-hydrogen) atoms. The summed E-state index contributed by atoms with van der Waals surface area (Å²) in [5.74, 6) is -3.54. The van der Waals surface area contributed by atoms with E-state index in [1.54, 1.807) is 48.5 Å². The van der Waals surface area contributed by atoms with Gasteiger partial charge in [0.15, 0.2) is 17.6 Å². The third kappa shape index (κ3) is 13.4. The highest BCUT2D eigenvalue weighted by atomic mass is 35.5. The second kappa shape index (κ2) is 22.7. The maximum atomic E-state index is 13.4. The molecule has 0 bridgehead atoms. The van der Waals surface area contributed by atoms with E-state index in [-0.39, 0.29) is 55.7 Å². The molecule has 324 valence electrons. The van der Waals surface area contributed by atoms with E-state index in [4.69, 9.17) is 62.7 Å². The molecule has 0 spiro atoms. The Labute approximate surface area is 385 Å². The molecule has 0 saturated heterocycles. The highest BCUT2D eigenvalue weighted by molar-refractivity contribution is 6.35. The SMILES string of the molecule is CC(=O)C(N=Nc1ccc(Cl)c(C(=O)Nc2ccc(CCl)cc2)c1)C(=O)Nc1ccc(NC(=O)C(N=Nc2ccc(Cl)c(C(=O)Nc3ccc(CCl)cc3)c2)C(C)=O)c(OCCl)c1. The minimum absolute atomic E-state index is 0.0241. The first kappa shape index (κ1) is 47.8. The predicted molar refractivity (Wildman–Crippen MR) is 244 cm³/mol. The number of benzene rings is 5. The molecule has 0 saturated carbocycles. The van der Waals surface area contributed by atoms with E-state index in [0.717, 1.165) is 25.0 Å². The number of azo groups is 2. The van der Waals surface area contributed by atoms with Gasteiger partial charge in [-0.15, -0.1) is 23.2 Å². The van der Waals surface area contributed by atoms with Gasteiger partial charge in [0.1, 0.15) is 5.75 Å². The highest BCUT2D eigenvalue weighted by Crippen LogP contribution is 2.31. The fourth-order valence-electron chi connectivity index (χ4n) is 5.43. The first-order valence-corrected chi connectivity index (χ1v) is 20.8. The molecule has 4 amide bonds. The number of anilines is 4. The van der Waals surface area contributed by atoms with Gasteiger partial charge in [-0.2, -0.15) is 20.5 Å². The second-order valence-corrected chi connectivity index (χ2v) is 14.9. The number of hydrogen-bond acceptors (Lipinski definition) is 11. The lowest BCUT2D eigenvalue weighted by Crippen LogP contribution is -2.32. The van der Waals surface area contributed by atoms with E-state index in [9.17, 15) is 28.8 Å².